The van der Waals surface area contributed by atoms with Crippen LogP contribution in [0.1, 0.15) is 18.1 Å². The molecule has 0 bridgehead atoms. The summed E-state index contributed by atoms with van der Waals surface area (Å²) in [6, 6.07) is 11.3. The van der Waals surface area contributed by atoms with Crippen LogP contribution >= 0.6 is 34.4 Å². The first kappa shape index (κ1) is 23.1. The molecule has 0 radical (unpaired) electrons. The third-order valence-electron chi connectivity index (χ3n) is 4.35. The Morgan fingerprint density at radius 2 is 2.00 bits per heavy atom. The van der Waals surface area contributed by atoms with E-state index < -0.39 is 12.6 Å². The number of hydrogen-bond donors (Lipinski definition) is 1. The van der Waals surface area contributed by atoms with Crippen LogP contribution < -0.4 is 9.47 Å². The Morgan fingerprint density at radius 1 is 1.29 bits per heavy atom. The number of halogens is 1. The first-order valence-electron chi connectivity index (χ1n) is 9.41. The predicted molar refractivity (Wildman–Crippen MR) is 130 cm³/mol. The molecule has 0 atom stereocenters. The number of nitrogens with zero attached hydrogens (tertiary/aromatic N) is 2. The molecule has 0 aliphatic carbocycles. The standard InChI is InChI=1S/C22H21IN2O5S/c1-4-25-21(28)18(31-22(25)24-15-7-5-13(2)6-8-15)11-14-9-16(23)20(17(10-14)29-3)30-12-19(26)27/h5-11H,4,12H2,1-3H3,(H,26,27)/b18-11+,24-22?. The van der Waals surface area contributed by atoms with Gasteiger partial charge < -0.3 is 14.6 Å². The van der Waals surface area contributed by atoms with Crippen molar-refractivity contribution >= 4 is 63.2 Å². The number of amidine groups is 1. The van der Waals surface area contributed by atoms with Gasteiger partial charge in [0.15, 0.2) is 23.3 Å². The molecule has 2 aromatic rings. The molecule has 1 fully saturated rings. The SMILES string of the molecule is CCN1C(=O)/C(=C\c2cc(I)c(OCC(=O)O)c(OC)c2)SC1=Nc1ccc(C)cc1. The lowest BCUT2D eigenvalue weighted by molar-refractivity contribution is -0.139. The van der Waals surface area contributed by atoms with E-state index in [1.165, 1.54) is 18.9 Å². The summed E-state index contributed by atoms with van der Waals surface area (Å²) < 4.78 is 11.4. The number of carbonyl (C=O) groups is 2. The van der Waals surface area contributed by atoms with Gasteiger partial charge in [0.2, 0.25) is 0 Å². The Hall–Kier alpha value is -2.53. The number of carboxylic acid groups (broad SMARTS) is 1. The van der Waals surface area contributed by atoms with E-state index in [0.29, 0.717) is 31.7 Å². The van der Waals surface area contributed by atoms with Crippen LogP contribution in [0.4, 0.5) is 5.69 Å². The van der Waals surface area contributed by atoms with Gasteiger partial charge in [-0.1, -0.05) is 17.7 Å². The minimum Gasteiger partial charge on any atom is -0.493 e. The largest absolute Gasteiger partial charge is 0.493 e. The lowest BCUT2D eigenvalue weighted by Gasteiger charge is -2.12. The van der Waals surface area contributed by atoms with Crippen LogP contribution in [0.15, 0.2) is 46.3 Å². The van der Waals surface area contributed by atoms with Gasteiger partial charge in [-0.3, -0.25) is 9.69 Å². The minimum absolute atomic E-state index is 0.112. The van der Waals surface area contributed by atoms with E-state index in [-0.39, 0.29) is 5.91 Å². The predicted octanol–water partition coefficient (Wildman–Crippen LogP) is 4.70. The van der Waals surface area contributed by atoms with E-state index in [1.54, 1.807) is 17.0 Å². The number of carbonyl (C=O) groups excluding carboxylic acids is 1. The summed E-state index contributed by atoms with van der Waals surface area (Å²) in [5, 5.41) is 9.49. The van der Waals surface area contributed by atoms with Crippen molar-refractivity contribution in [3.8, 4) is 11.5 Å². The molecule has 0 unspecified atom stereocenters. The Balaban J connectivity index is 1.92. The van der Waals surface area contributed by atoms with Gasteiger partial charge in [0.05, 0.1) is 21.3 Å². The smallest absolute Gasteiger partial charge is 0.341 e. The fraction of sp³-hybridized carbons (Fsp3) is 0.227. The molecule has 3 rings (SSSR count). The van der Waals surface area contributed by atoms with Crippen molar-refractivity contribution in [3.05, 3.63) is 56.0 Å². The summed E-state index contributed by atoms with van der Waals surface area (Å²) >= 11 is 3.37. The van der Waals surface area contributed by atoms with Crippen LogP contribution in [0.5, 0.6) is 11.5 Å². The summed E-state index contributed by atoms with van der Waals surface area (Å²) in [5.41, 5.74) is 2.68. The quantitative estimate of drug-likeness (QED) is 0.396. The number of aryl methyl sites for hydroxylation is 1. The van der Waals surface area contributed by atoms with Gasteiger partial charge in [0.25, 0.3) is 5.91 Å². The molecule has 2 aromatic carbocycles. The number of methoxy groups -OCH3 is 1. The summed E-state index contributed by atoms with van der Waals surface area (Å²) in [4.78, 5) is 30.6. The van der Waals surface area contributed by atoms with Crippen molar-refractivity contribution in [2.75, 3.05) is 20.3 Å². The van der Waals surface area contributed by atoms with E-state index in [2.05, 4.69) is 27.6 Å². The fourth-order valence-electron chi connectivity index (χ4n) is 2.85. The molecule has 1 saturated heterocycles. The normalized spacial score (nSPS) is 16.3. The van der Waals surface area contributed by atoms with Crippen molar-refractivity contribution in [3.63, 3.8) is 0 Å². The minimum atomic E-state index is -1.07. The van der Waals surface area contributed by atoms with Crippen LogP contribution in [0, 0.1) is 10.5 Å². The van der Waals surface area contributed by atoms with Crippen LogP contribution in [0.25, 0.3) is 6.08 Å². The highest BCUT2D eigenvalue weighted by atomic mass is 127. The summed E-state index contributed by atoms with van der Waals surface area (Å²) in [6.45, 7) is 3.96. The number of aliphatic imine (C=N–C) groups is 1. The zero-order valence-electron chi connectivity index (χ0n) is 17.2. The van der Waals surface area contributed by atoms with E-state index in [4.69, 9.17) is 14.6 Å². The summed E-state index contributed by atoms with van der Waals surface area (Å²) in [6.07, 6.45) is 1.78. The second-order valence-electron chi connectivity index (χ2n) is 6.61. The Morgan fingerprint density at radius 3 is 2.61 bits per heavy atom. The number of ether oxygens (including phenoxy) is 2. The van der Waals surface area contributed by atoms with Gasteiger partial charge in [-0.05, 0) is 84.1 Å². The third-order valence-corrected chi connectivity index (χ3v) is 6.16. The lowest BCUT2D eigenvalue weighted by Crippen LogP contribution is -2.28. The molecule has 1 aliphatic rings. The number of rotatable bonds is 7. The first-order valence-corrected chi connectivity index (χ1v) is 11.3. The molecule has 1 aliphatic heterocycles. The Bertz CT molecular complexity index is 1070. The highest BCUT2D eigenvalue weighted by Gasteiger charge is 2.32. The topological polar surface area (TPSA) is 88.4 Å². The van der Waals surface area contributed by atoms with Gasteiger partial charge >= 0.3 is 5.97 Å². The Kier molecular flexibility index (Phi) is 7.60. The highest BCUT2D eigenvalue weighted by molar-refractivity contribution is 14.1. The average Bonchev–Trinajstić information content (AvgIpc) is 3.02. The summed E-state index contributed by atoms with van der Waals surface area (Å²) in [5.74, 6) is -0.429. The molecular weight excluding hydrogens is 531 g/mol. The molecule has 162 valence electrons. The van der Waals surface area contributed by atoms with Gasteiger partial charge in [-0.2, -0.15) is 0 Å². The molecule has 31 heavy (non-hydrogen) atoms. The van der Waals surface area contributed by atoms with E-state index >= 15 is 0 Å². The summed E-state index contributed by atoms with van der Waals surface area (Å²) in [7, 11) is 1.48. The number of thioether (sulfide) groups is 1. The molecule has 1 N–H and O–H groups in total. The van der Waals surface area contributed by atoms with E-state index in [0.717, 1.165) is 16.8 Å². The number of likely N-dealkylation sites (N-methyl/N-ethyl adjacent to an activating group) is 1. The molecule has 1 amide bonds. The number of benzene rings is 2. The average molecular weight is 552 g/mol. The number of hydrogen-bond acceptors (Lipinski definition) is 6. The fourth-order valence-corrected chi connectivity index (χ4v) is 4.69. The van der Waals surface area contributed by atoms with Gasteiger partial charge in [0, 0.05) is 6.54 Å². The number of carboxylic acids is 1. The zero-order valence-corrected chi connectivity index (χ0v) is 20.2. The van der Waals surface area contributed by atoms with Gasteiger partial charge in [-0.25, -0.2) is 9.79 Å². The third kappa shape index (κ3) is 5.59. The van der Waals surface area contributed by atoms with Crippen molar-refractivity contribution in [2.45, 2.75) is 13.8 Å². The second-order valence-corrected chi connectivity index (χ2v) is 8.78. The zero-order chi connectivity index (χ0) is 22.5. The number of aliphatic carboxylic acids is 1. The maximum atomic E-state index is 12.9. The van der Waals surface area contributed by atoms with Crippen LogP contribution in [-0.2, 0) is 9.59 Å². The molecular formula is C22H21IN2O5S. The lowest BCUT2D eigenvalue weighted by atomic mass is 10.2. The molecule has 1 heterocycles. The monoisotopic (exact) mass is 552 g/mol. The highest BCUT2D eigenvalue weighted by Crippen LogP contribution is 2.38. The van der Waals surface area contributed by atoms with E-state index in [1.807, 2.05) is 44.2 Å². The van der Waals surface area contributed by atoms with Gasteiger partial charge in [-0.15, -0.1) is 0 Å². The van der Waals surface area contributed by atoms with Crippen LogP contribution in [0.2, 0.25) is 0 Å². The molecule has 0 saturated carbocycles. The maximum absolute atomic E-state index is 12.9. The maximum Gasteiger partial charge on any atom is 0.341 e. The molecule has 9 heteroatoms. The van der Waals surface area contributed by atoms with Crippen molar-refractivity contribution in [2.24, 2.45) is 4.99 Å². The molecule has 0 aromatic heterocycles. The van der Waals surface area contributed by atoms with E-state index in [9.17, 15) is 9.59 Å². The van der Waals surface area contributed by atoms with Crippen LogP contribution in [-0.4, -0.2) is 47.3 Å². The van der Waals surface area contributed by atoms with Crippen molar-refractivity contribution in [1.29, 1.82) is 0 Å². The number of amides is 1. The van der Waals surface area contributed by atoms with Crippen LogP contribution in [0.3, 0.4) is 0 Å². The van der Waals surface area contributed by atoms with Crippen molar-refractivity contribution in [1.82, 2.24) is 4.90 Å². The molecule has 0 spiro atoms. The second kappa shape index (κ2) is 10.2. The molecule has 7 nitrogen and oxygen atoms in total. The van der Waals surface area contributed by atoms with Crippen molar-refractivity contribution < 1.29 is 24.2 Å². The first-order chi connectivity index (χ1) is 14.8. The Labute approximate surface area is 198 Å². The van der Waals surface area contributed by atoms with Gasteiger partial charge in [0.1, 0.15) is 0 Å².